The molecule has 1 aromatic rings. The quantitative estimate of drug-likeness (QED) is 0.714. The van der Waals surface area contributed by atoms with Gasteiger partial charge in [0.1, 0.15) is 21.3 Å². The van der Waals surface area contributed by atoms with Crippen LogP contribution in [0.3, 0.4) is 0 Å². The van der Waals surface area contributed by atoms with Crippen molar-refractivity contribution in [2.24, 2.45) is 0 Å². The molecule has 0 spiro atoms. The van der Waals surface area contributed by atoms with Crippen LogP contribution in [0.4, 0.5) is 0 Å². The predicted octanol–water partition coefficient (Wildman–Crippen LogP) is 1.71. The van der Waals surface area contributed by atoms with Crippen molar-refractivity contribution in [3.05, 3.63) is 23.8 Å². The molecular weight excluding hydrogens is 268 g/mol. The summed E-state index contributed by atoms with van der Waals surface area (Å²) in [5, 5.41) is 0. The molecule has 0 aliphatic carbocycles. The van der Waals surface area contributed by atoms with Crippen molar-refractivity contribution in [2.75, 3.05) is 26.2 Å². The molecule has 0 saturated heterocycles. The van der Waals surface area contributed by atoms with Gasteiger partial charge in [0, 0.05) is 12.7 Å². The van der Waals surface area contributed by atoms with Crippen LogP contribution in [-0.2, 0) is 9.84 Å². The zero-order valence-corrected chi connectivity index (χ0v) is 12.1. The van der Waals surface area contributed by atoms with Gasteiger partial charge in [-0.15, -0.1) is 0 Å². The summed E-state index contributed by atoms with van der Waals surface area (Å²) in [6.45, 7) is 0. The molecule has 1 aromatic carbocycles. The van der Waals surface area contributed by atoms with E-state index >= 15 is 0 Å². The van der Waals surface area contributed by atoms with Crippen molar-refractivity contribution >= 4 is 15.6 Å². The number of Topliss-reactive ketones (excluding diaryl/α,β-unsaturated/α-hetero) is 1. The molecule has 0 saturated carbocycles. The summed E-state index contributed by atoms with van der Waals surface area (Å²) in [5.74, 6) is 0.877. The van der Waals surface area contributed by atoms with Gasteiger partial charge in [0.15, 0.2) is 5.78 Å². The third-order valence-electron chi connectivity index (χ3n) is 2.63. The van der Waals surface area contributed by atoms with Crippen molar-refractivity contribution < 1.29 is 22.7 Å². The molecule has 0 radical (unpaired) electrons. The average Bonchev–Trinajstić information content (AvgIpc) is 2.36. The van der Waals surface area contributed by atoms with Crippen LogP contribution in [0.2, 0.25) is 0 Å². The monoisotopic (exact) mass is 286 g/mol. The highest BCUT2D eigenvalue weighted by atomic mass is 32.2. The SMILES string of the molecule is COc1ccc(OC)c(C(=O)CCCS(C)(=O)=O)c1. The average molecular weight is 286 g/mol. The standard InChI is InChI=1S/C13H18O5S/c1-17-10-6-7-13(18-2)11(9-10)12(14)5-4-8-19(3,15)16/h6-7,9H,4-5,8H2,1-3H3. The first-order valence-electron chi connectivity index (χ1n) is 5.80. The Morgan fingerprint density at radius 3 is 2.42 bits per heavy atom. The largest absolute Gasteiger partial charge is 0.497 e. The van der Waals surface area contributed by atoms with Crippen molar-refractivity contribution in [1.82, 2.24) is 0 Å². The molecule has 1 rings (SSSR count). The summed E-state index contributed by atoms with van der Waals surface area (Å²) in [5.41, 5.74) is 0.412. The molecule has 5 nitrogen and oxygen atoms in total. The molecular formula is C13H18O5S. The van der Waals surface area contributed by atoms with E-state index < -0.39 is 9.84 Å². The summed E-state index contributed by atoms with van der Waals surface area (Å²) in [4.78, 5) is 12.0. The van der Waals surface area contributed by atoms with Crippen LogP contribution in [0.15, 0.2) is 18.2 Å². The van der Waals surface area contributed by atoms with Crippen LogP contribution >= 0.6 is 0 Å². The van der Waals surface area contributed by atoms with Crippen LogP contribution in [0.25, 0.3) is 0 Å². The normalized spacial score (nSPS) is 11.1. The number of benzene rings is 1. The maximum atomic E-state index is 12.0. The smallest absolute Gasteiger partial charge is 0.166 e. The van der Waals surface area contributed by atoms with E-state index in [9.17, 15) is 13.2 Å². The maximum Gasteiger partial charge on any atom is 0.166 e. The van der Waals surface area contributed by atoms with Crippen LogP contribution in [0.1, 0.15) is 23.2 Å². The number of methoxy groups -OCH3 is 2. The molecule has 0 atom stereocenters. The lowest BCUT2D eigenvalue weighted by atomic mass is 10.1. The Labute approximate surface area is 113 Å². The van der Waals surface area contributed by atoms with E-state index in [0.717, 1.165) is 6.26 Å². The predicted molar refractivity (Wildman–Crippen MR) is 72.8 cm³/mol. The first-order chi connectivity index (χ1) is 8.87. The lowest BCUT2D eigenvalue weighted by Crippen LogP contribution is -2.07. The highest BCUT2D eigenvalue weighted by Gasteiger charge is 2.14. The zero-order chi connectivity index (χ0) is 14.5. The highest BCUT2D eigenvalue weighted by Crippen LogP contribution is 2.25. The molecule has 106 valence electrons. The summed E-state index contributed by atoms with van der Waals surface area (Å²) >= 11 is 0. The van der Waals surface area contributed by atoms with Gasteiger partial charge in [0.2, 0.25) is 0 Å². The molecule has 0 unspecified atom stereocenters. The number of ether oxygens (including phenoxy) is 2. The Hall–Kier alpha value is -1.56. The summed E-state index contributed by atoms with van der Waals surface area (Å²) < 4.78 is 32.2. The van der Waals surface area contributed by atoms with Crippen LogP contribution in [0, 0.1) is 0 Å². The van der Waals surface area contributed by atoms with Crippen LogP contribution in [0.5, 0.6) is 11.5 Å². The van der Waals surface area contributed by atoms with E-state index in [1.165, 1.54) is 14.2 Å². The highest BCUT2D eigenvalue weighted by molar-refractivity contribution is 7.90. The lowest BCUT2D eigenvalue weighted by Gasteiger charge is -2.09. The van der Waals surface area contributed by atoms with Gasteiger partial charge in [-0.2, -0.15) is 0 Å². The van der Waals surface area contributed by atoms with Gasteiger partial charge in [-0.05, 0) is 24.6 Å². The van der Waals surface area contributed by atoms with E-state index in [2.05, 4.69) is 0 Å². The number of ketones is 1. The minimum absolute atomic E-state index is 0.00498. The molecule has 19 heavy (non-hydrogen) atoms. The van der Waals surface area contributed by atoms with E-state index in [-0.39, 0.29) is 18.0 Å². The lowest BCUT2D eigenvalue weighted by molar-refractivity contribution is 0.0978. The minimum Gasteiger partial charge on any atom is -0.497 e. The number of carbonyl (C=O) groups excluding carboxylic acids is 1. The summed E-state index contributed by atoms with van der Waals surface area (Å²) in [7, 11) is -0.0438. The van der Waals surface area contributed by atoms with E-state index in [4.69, 9.17) is 9.47 Å². The van der Waals surface area contributed by atoms with E-state index in [0.29, 0.717) is 23.5 Å². The van der Waals surface area contributed by atoms with Gasteiger partial charge in [0.25, 0.3) is 0 Å². The van der Waals surface area contributed by atoms with E-state index in [1.807, 2.05) is 0 Å². The second-order valence-electron chi connectivity index (χ2n) is 4.22. The van der Waals surface area contributed by atoms with Gasteiger partial charge in [-0.3, -0.25) is 4.79 Å². The number of carbonyl (C=O) groups is 1. The first-order valence-corrected chi connectivity index (χ1v) is 7.86. The summed E-state index contributed by atoms with van der Waals surface area (Å²) in [6.07, 6.45) is 1.62. The second kappa shape index (κ2) is 6.56. The molecule has 0 bridgehead atoms. The molecule has 0 N–H and O–H groups in total. The second-order valence-corrected chi connectivity index (χ2v) is 6.48. The number of hydrogen-bond donors (Lipinski definition) is 0. The van der Waals surface area contributed by atoms with Crippen LogP contribution in [-0.4, -0.2) is 40.4 Å². The Morgan fingerprint density at radius 2 is 1.89 bits per heavy atom. The molecule has 6 heteroatoms. The fraction of sp³-hybridized carbons (Fsp3) is 0.462. The first kappa shape index (κ1) is 15.5. The minimum atomic E-state index is -3.04. The van der Waals surface area contributed by atoms with Crippen LogP contribution < -0.4 is 9.47 Å². The van der Waals surface area contributed by atoms with Gasteiger partial charge in [-0.25, -0.2) is 8.42 Å². The Balaban J connectivity index is 2.80. The van der Waals surface area contributed by atoms with Gasteiger partial charge >= 0.3 is 0 Å². The third-order valence-corrected chi connectivity index (χ3v) is 3.66. The third kappa shape index (κ3) is 4.90. The van der Waals surface area contributed by atoms with Gasteiger partial charge < -0.3 is 9.47 Å². The number of rotatable bonds is 7. The zero-order valence-electron chi connectivity index (χ0n) is 11.3. The van der Waals surface area contributed by atoms with Crippen molar-refractivity contribution in [2.45, 2.75) is 12.8 Å². The molecule has 0 fully saturated rings. The molecule has 0 aromatic heterocycles. The van der Waals surface area contributed by atoms with Crippen molar-refractivity contribution in [1.29, 1.82) is 0 Å². The Kier molecular flexibility index (Phi) is 5.35. The van der Waals surface area contributed by atoms with Crippen molar-refractivity contribution in [3.8, 4) is 11.5 Å². The fourth-order valence-corrected chi connectivity index (χ4v) is 2.33. The summed E-state index contributed by atoms with van der Waals surface area (Å²) in [6, 6.07) is 4.95. The number of hydrogen-bond acceptors (Lipinski definition) is 5. The van der Waals surface area contributed by atoms with Crippen molar-refractivity contribution in [3.63, 3.8) is 0 Å². The maximum absolute atomic E-state index is 12.0. The molecule has 0 heterocycles. The van der Waals surface area contributed by atoms with Gasteiger partial charge in [0.05, 0.1) is 25.5 Å². The van der Waals surface area contributed by atoms with Gasteiger partial charge in [-0.1, -0.05) is 0 Å². The fourth-order valence-electron chi connectivity index (χ4n) is 1.66. The molecule has 0 aliphatic rings. The topological polar surface area (TPSA) is 69.7 Å². The number of sulfone groups is 1. The van der Waals surface area contributed by atoms with E-state index in [1.54, 1.807) is 18.2 Å². The molecule has 0 amide bonds. The Bertz CT molecular complexity index is 548. The Morgan fingerprint density at radius 1 is 1.21 bits per heavy atom. The molecule has 0 aliphatic heterocycles.